The summed E-state index contributed by atoms with van der Waals surface area (Å²) in [6.07, 6.45) is 1.34. The van der Waals surface area contributed by atoms with Gasteiger partial charge in [0.15, 0.2) is 11.5 Å². The van der Waals surface area contributed by atoms with Crippen LogP contribution < -0.4 is 24.4 Å². The van der Waals surface area contributed by atoms with Gasteiger partial charge in [0.1, 0.15) is 17.9 Å². The summed E-state index contributed by atoms with van der Waals surface area (Å²) in [5, 5.41) is 3.07. The molecule has 1 aliphatic rings. The molecule has 0 aliphatic carbocycles. The van der Waals surface area contributed by atoms with Crippen molar-refractivity contribution in [2.45, 2.75) is 13.5 Å². The van der Waals surface area contributed by atoms with E-state index in [2.05, 4.69) is 5.32 Å². The number of carbonyl (C=O) groups is 3. The number of benzene rings is 3. The molecule has 3 aromatic rings. The van der Waals surface area contributed by atoms with Gasteiger partial charge in [0, 0.05) is 5.02 Å². The fourth-order valence-electron chi connectivity index (χ4n) is 3.63. The van der Waals surface area contributed by atoms with Crippen molar-refractivity contribution in [1.29, 1.82) is 0 Å². The van der Waals surface area contributed by atoms with E-state index in [4.69, 9.17) is 37.4 Å². The Morgan fingerprint density at radius 2 is 1.65 bits per heavy atom. The third-order valence-electron chi connectivity index (χ3n) is 5.36. The second-order valence-corrected chi connectivity index (χ2v) is 8.68. The Morgan fingerprint density at radius 3 is 2.30 bits per heavy atom. The first-order valence-corrected chi connectivity index (χ1v) is 12.0. The lowest BCUT2D eigenvalue weighted by atomic mass is 10.1. The highest BCUT2D eigenvalue weighted by Gasteiger charge is 2.37. The molecule has 3 aromatic carbocycles. The zero-order chi connectivity index (χ0) is 26.5. The average molecular weight is 541 g/mol. The van der Waals surface area contributed by atoms with E-state index in [0.717, 1.165) is 10.5 Å². The van der Waals surface area contributed by atoms with Gasteiger partial charge in [-0.25, -0.2) is 9.69 Å². The molecule has 4 rings (SSSR count). The average Bonchev–Trinajstić information content (AvgIpc) is 2.87. The van der Waals surface area contributed by atoms with Crippen LogP contribution >= 0.6 is 23.2 Å². The first kappa shape index (κ1) is 26.1. The minimum absolute atomic E-state index is 0.242. The maximum atomic E-state index is 13.2. The highest BCUT2D eigenvalue weighted by molar-refractivity contribution is 6.39. The predicted octanol–water partition coefficient (Wildman–Crippen LogP) is 5.65. The Balaban J connectivity index is 1.56. The fourth-order valence-corrected chi connectivity index (χ4v) is 4.05. The number of anilines is 1. The van der Waals surface area contributed by atoms with Gasteiger partial charge < -0.3 is 14.2 Å². The van der Waals surface area contributed by atoms with Crippen LogP contribution in [-0.4, -0.2) is 31.6 Å². The van der Waals surface area contributed by atoms with Gasteiger partial charge in [-0.05, 0) is 72.7 Å². The molecule has 8 nitrogen and oxygen atoms in total. The fraction of sp³-hybridized carbons (Fsp3) is 0.148. The minimum atomic E-state index is -0.857. The number of barbiturate groups is 1. The third kappa shape index (κ3) is 5.87. The predicted molar refractivity (Wildman–Crippen MR) is 140 cm³/mol. The summed E-state index contributed by atoms with van der Waals surface area (Å²) in [7, 11) is 1.46. The molecule has 0 bridgehead atoms. The van der Waals surface area contributed by atoms with Gasteiger partial charge in [-0.2, -0.15) is 0 Å². The van der Waals surface area contributed by atoms with Crippen LogP contribution in [0.5, 0.6) is 17.2 Å². The Morgan fingerprint density at radius 1 is 0.946 bits per heavy atom. The molecule has 0 radical (unpaired) electrons. The molecule has 10 heteroatoms. The smallest absolute Gasteiger partial charge is 0.335 e. The molecule has 37 heavy (non-hydrogen) atoms. The largest absolute Gasteiger partial charge is 0.491 e. The van der Waals surface area contributed by atoms with E-state index < -0.39 is 17.8 Å². The lowest BCUT2D eigenvalue weighted by Gasteiger charge is -2.26. The summed E-state index contributed by atoms with van der Waals surface area (Å²) < 4.78 is 16.6. The van der Waals surface area contributed by atoms with Crippen molar-refractivity contribution in [3.63, 3.8) is 0 Å². The van der Waals surface area contributed by atoms with Gasteiger partial charge in [-0.15, -0.1) is 0 Å². The van der Waals surface area contributed by atoms with Gasteiger partial charge in [-0.3, -0.25) is 14.9 Å². The summed E-state index contributed by atoms with van der Waals surface area (Å²) in [6.45, 7) is 2.47. The minimum Gasteiger partial charge on any atom is -0.491 e. The molecule has 1 aliphatic heterocycles. The highest BCUT2D eigenvalue weighted by Crippen LogP contribution is 2.37. The number of rotatable bonds is 8. The van der Waals surface area contributed by atoms with Gasteiger partial charge >= 0.3 is 6.03 Å². The van der Waals surface area contributed by atoms with Gasteiger partial charge in [0.05, 0.1) is 24.4 Å². The molecular formula is C27H22Cl2N2O6. The van der Waals surface area contributed by atoms with Crippen molar-refractivity contribution >= 4 is 52.8 Å². The highest BCUT2D eigenvalue weighted by atomic mass is 35.5. The molecule has 1 N–H and O–H groups in total. The van der Waals surface area contributed by atoms with Crippen LogP contribution in [0.2, 0.25) is 10.0 Å². The molecule has 4 amide bonds. The van der Waals surface area contributed by atoms with Crippen molar-refractivity contribution < 1.29 is 28.6 Å². The van der Waals surface area contributed by atoms with Crippen LogP contribution in [0, 0.1) is 0 Å². The Labute approximate surface area is 223 Å². The molecule has 1 saturated heterocycles. The van der Waals surface area contributed by atoms with Crippen LogP contribution in [0.1, 0.15) is 18.1 Å². The van der Waals surface area contributed by atoms with Crippen molar-refractivity contribution in [2.24, 2.45) is 0 Å². The third-order valence-corrected chi connectivity index (χ3v) is 5.89. The van der Waals surface area contributed by atoms with Gasteiger partial charge in [-0.1, -0.05) is 35.3 Å². The zero-order valence-corrected chi connectivity index (χ0v) is 21.4. The number of nitrogens with zero attached hydrogens (tertiary/aromatic N) is 1. The van der Waals surface area contributed by atoms with Crippen LogP contribution in [0.15, 0.2) is 66.2 Å². The topological polar surface area (TPSA) is 94.2 Å². The number of imide groups is 2. The molecule has 0 saturated carbocycles. The zero-order valence-electron chi connectivity index (χ0n) is 19.9. The van der Waals surface area contributed by atoms with Crippen molar-refractivity contribution in [3.05, 3.63) is 87.4 Å². The van der Waals surface area contributed by atoms with Crippen LogP contribution in [-0.2, 0) is 16.2 Å². The molecule has 0 aromatic heterocycles. The number of hydrogen-bond acceptors (Lipinski definition) is 6. The number of hydrogen-bond donors (Lipinski definition) is 1. The molecule has 190 valence electrons. The maximum absolute atomic E-state index is 13.2. The number of ether oxygens (including phenoxy) is 3. The summed E-state index contributed by atoms with van der Waals surface area (Å²) in [5.41, 5.74) is 1.38. The molecule has 0 spiro atoms. The van der Waals surface area contributed by atoms with Crippen LogP contribution in [0.3, 0.4) is 0 Å². The van der Waals surface area contributed by atoms with Gasteiger partial charge in [0.25, 0.3) is 11.8 Å². The quantitative estimate of drug-likeness (QED) is 0.293. The molecule has 1 heterocycles. The summed E-state index contributed by atoms with van der Waals surface area (Å²) in [6, 6.07) is 15.9. The maximum Gasteiger partial charge on any atom is 0.335 e. The van der Waals surface area contributed by atoms with E-state index in [1.807, 2.05) is 12.1 Å². The number of amides is 4. The van der Waals surface area contributed by atoms with Crippen molar-refractivity contribution in [1.82, 2.24) is 5.32 Å². The normalized spacial score (nSPS) is 14.5. The summed E-state index contributed by atoms with van der Waals surface area (Å²) >= 11 is 12.2. The monoisotopic (exact) mass is 540 g/mol. The Hall–Kier alpha value is -4.01. The standard InChI is InChI=1S/C27H22Cl2N2O6/c1-3-36-23-14-17(13-22(29)24(23)35-2)12-21-25(32)30-27(34)31(26(21)33)19-8-10-20(11-9-19)37-15-16-4-6-18(28)7-5-16/h4-14H,3,15H2,1-2H3,(H,30,32,34)/b21-12+. The number of carbonyl (C=O) groups excluding carboxylic acids is 3. The second kappa shape index (κ2) is 11.4. The first-order valence-electron chi connectivity index (χ1n) is 11.2. The SMILES string of the molecule is CCOc1cc(/C=C2\C(=O)NC(=O)N(c3ccc(OCc4ccc(Cl)cc4)cc3)C2=O)cc(Cl)c1OC. The Bertz CT molecular complexity index is 1370. The van der Waals surface area contributed by atoms with Crippen LogP contribution in [0.25, 0.3) is 6.08 Å². The van der Waals surface area contributed by atoms with E-state index in [9.17, 15) is 14.4 Å². The lowest BCUT2D eigenvalue weighted by Crippen LogP contribution is -2.54. The molecule has 0 unspecified atom stereocenters. The molecular weight excluding hydrogens is 519 g/mol. The Kier molecular flexibility index (Phi) is 8.01. The molecule has 1 fully saturated rings. The first-order chi connectivity index (χ1) is 17.8. The number of halogens is 2. The van der Waals surface area contributed by atoms with E-state index in [0.29, 0.717) is 41.0 Å². The molecule has 0 atom stereocenters. The van der Waals surface area contributed by atoms with E-state index in [1.54, 1.807) is 49.4 Å². The lowest BCUT2D eigenvalue weighted by molar-refractivity contribution is -0.122. The summed E-state index contributed by atoms with van der Waals surface area (Å²) in [5.74, 6) is -0.380. The number of methoxy groups -OCH3 is 1. The van der Waals surface area contributed by atoms with Crippen LogP contribution in [0.4, 0.5) is 10.5 Å². The van der Waals surface area contributed by atoms with Gasteiger partial charge in [0.2, 0.25) is 0 Å². The number of nitrogens with one attached hydrogen (secondary N) is 1. The van der Waals surface area contributed by atoms with E-state index in [-0.39, 0.29) is 16.3 Å². The second-order valence-electron chi connectivity index (χ2n) is 7.83. The van der Waals surface area contributed by atoms with Crippen molar-refractivity contribution in [2.75, 3.05) is 18.6 Å². The van der Waals surface area contributed by atoms with Crippen molar-refractivity contribution in [3.8, 4) is 17.2 Å². The van der Waals surface area contributed by atoms with E-state index >= 15 is 0 Å². The van der Waals surface area contributed by atoms with E-state index in [1.165, 1.54) is 19.3 Å². The summed E-state index contributed by atoms with van der Waals surface area (Å²) in [4.78, 5) is 39.2. The number of urea groups is 1.